The van der Waals surface area contributed by atoms with E-state index in [0.717, 1.165) is 18.5 Å². The van der Waals surface area contributed by atoms with E-state index >= 15 is 4.39 Å². The van der Waals surface area contributed by atoms with Crippen LogP contribution in [-0.4, -0.2) is 57.2 Å². The smallest absolute Gasteiger partial charge is 0.353 e. The summed E-state index contributed by atoms with van der Waals surface area (Å²) >= 11 is 1.19. The molecule has 2 aromatic heterocycles. The van der Waals surface area contributed by atoms with Crippen molar-refractivity contribution in [2.24, 2.45) is 10.9 Å². The van der Waals surface area contributed by atoms with Crippen LogP contribution in [0.3, 0.4) is 0 Å². The van der Waals surface area contributed by atoms with E-state index in [4.69, 9.17) is 0 Å². The summed E-state index contributed by atoms with van der Waals surface area (Å²) in [6, 6.07) is 9.47. The van der Waals surface area contributed by atoms with Crippen molar-refractivity contribution in [3.8, 4) is 0 Å². The van der Waals surface area contributed by atoms with Gasteiger partial charge < -0.3 is 10.2 Å². The van der Waals surface area contributed by atoms with E-state index in [1.54, 1.807) is 25.1 Å². The zero-order valence-corrected chi connectivity index (χ0v) is 21.8. The molecule has 3 aromatic rings. The van der Waals surface area contributed by atoms with Crippen LogP contribution >= 0.6 is 11.8 Å². The molecule has 0 aliphatic heterocycles. The molecule has 13 heteroatoms. The fourth-order valence-corrected chi connectivity index (χ4v) is 4.58. The van der Waals surface area contributed by atoms with Gasteiger partial charge in [0.25, 0.3) is 5.91 Å². The highest BCUT2D eigenvalue weighted by molar-refractivity contribution is 7.99. The minimum Gasteiger partial charge on any atom is -0.353 e. The van der Waals surface area contributed by atoms with Gasteiger partial charge in [0.2, 0.25) is 0 Å². The van der Waals surface area contributed by atoms with Gasteiger partial charge in [0.05, 0.1) is 6.54 Å². The highest BCUT2D eigenvalue weighted by Crippen LogP contribution is 2.43. The summed E-state index contributed by atoms with van der Waals surface area (Å²) in [6.45, 7) is 6.14. The quantitative estimate of drug-likeness (QED) is 0.178. The monoisotopic (exact) mass is 549 g/mol. The average Bonchev–Trinajstić information content (AvgIpc) is 3.64. The van der Waals surface area contributed by atoms with Gasteiger partial charge in [0.15, 0.2) is 11.0 Å². The number of rotatable bonds is 10. The first kappa shape index (κ1) is 27.6. The lowest BCUT2D eigenvalue weighted by molar-refractivity contribution is -0.0536. The molecule has 1 aliphatic carbocycles. The molecular weight excluding hydrogens is 522 g/mol. The number of hydrogen-bond donors (Lipinski definition) is 2. The van der Waals surface area contributed by atoms with Crippen molar-refractivity contribution >= 4 is 41.3 Å². The number of halogens is 4. The third-order valence-corrected chi connectivity index (χ3v) is 6.80. The van der Waals surface area contributed by atoms with E-state index in [1.807, 2.05) is 24.8 Å². The lowest BCUT2D eigenvalue weighted by atomic mass is 10.0. The number of carbonyl (C=O) groups is 1. The normalized spacial score (nSPS) is 15.4. The Labute approximate surface area is 221 Å². The maximum absolute atomic E-state index is 15.3. The summed E-state index contributed by atoms with van der Waals surface area (Å²) < 4.78 is 52.2. The van der Waals surface area contributed by atoms with Crippen molar-refractivity contribution in [2.75, 3.05) is 23.3 Å². The van der Waals surface area contributed by atoms with Crippen molar-refractivity contribution in [3.05, 3.63) is 47.7 Å². The van der Waals surface area contributed by atoms with Crippen LogP contribution in [0.4, 0.5) is 35.0 Å². The molecule has 0 spiro atoms. The van der Waals surface area contributed by atoms with Crippen LogP contribution in [0.5, 0.6) is 0 Å². The fraction of sp³-hybridized carbons (Fsp3) is 0.400. The molecular formula is C25H27F4N7OS. The molecule has 8 nitrogen and oxygen atoms in total. The summed E-state index contributed by atoms with van der Waals surface area (Å²) in [4.78, 5) is 26.6. The molecule has 0 radical (unpaired) electrons. The molecule has 0 bridgehead atoms. The molecule has 0 saturated heterocycles. The number of carbonyl (C=O) groups excluding carboxylic acids is 1. The Hall–Kier alpha value is -3.48. The number of H-pyrrole nitrogens is 1. The van der Waals surface area contributed by atoms with Gasteiger partial charge in [-0.05, 0) is 75.6 Å². The van der Waals surface area contributed by atoms with Crippen LogP contribution in [0.2, 0.25) is 0 Å². The number of nitrogens with one attached hydrogen (secondary N) is 2. The van der Waals surface area contributed by atoms with Crippen LogP contribution in [0.15, 0.2) is 51.4 Å². The second-order valence-electron chi connectivity index (χ2n) is 9.25. The van der Waals surface area contributed by atoms with Gasteiger partial charge in [-0.2, -0.15) is 18.3 Å². The zero-order chi connectivity index (χ0) is 27.5. The Balaban J connectivity index is 1.58. The zero-order valence-electron chi connectivity index (χ0n) is 21.0. The highest BCUT2D eigenvalue weighted by atomic mass is 32.2. The van der Waals surface area contributed by atoms with Gasteiger partial charge in [0, 0.05) is 34.8 Å². The molecule has 1 aliphatic rings. The van der Waals surface area contributed by atoms with E-state index in [2.05, 4.69) is 30.5 Å². The van der Waals surface area contributed by atoms with Gasteiger partial charge in [-0.3, -0.25) is 9.89 Å². The third-order valence-electron chi connectivity index (χ3n) is 5.93. The largest absolute Gasteiger partial charge is 0.426 e. The predicted octanol–water partition coefficient (Wildman–Crippen LogP) is 6.14. The number of amides is 1. The first-order valence-electron chi connectivity index (χ1n) is 12.0. The van der Waals surface area contributed by atoms with Gasteiger partial charge in [-0.15, -0.1) is 0 Å². The van der Waals surface area contributed by atoms with Crippen LogP contribution in [0.1, 0.15) is 42.7 Å². The number of hydrogen-bond acceptors (Lipinski definition) is 7. The maximum atomic E-state index is 15.3. The molecule has 38 heavy (non-hydrogen) atoms. The molecule has 1 aromatic carbocycles. The minimum absolute atomic E-state index is 0.0141. The van der Waals surface area contributed by atoms with Gasteiger partial charge in [-0.25, -0.2) is 19.4 Å². The predicted molar refractivity (Wildman–Crippen MR) is 138 cm³/mol. The summed E-state index contributed by atoms with van der Waals surface area (Å²) in [5, 5.41) is 10.5. The molecule has 1 amide bonds. The highest BCUT2D eigenvalue weighted by Gasteiger charge is 2.43. The Kier molecular flexibility index (Phi) is 8.05. The lowest BCUT2D eigenvalue weighted by Crippen LogP contribution is -2.40. The number of anilines is 3. The molecule has 1 atom stereocenters. The first-order chi connectivity index (χ1) is 17.9. The van der Waals surface area contributed by atoms with Crippen molar-refractivity contribution in [3.63, 3.8) is 0 Å². The first-order valence-corrected chi connectivity index (χ1v) is 12.8. The van der Waals surface area contributed by atoms with E-state index in [1.165, 1.54) is 23.9 Å². The van der Waals surface area contributed by atoms with E-state index in [9.17, 15) is 18.0 Å². The third kappa shape index (κ3) is 7.53. The van der Waals surface area contributed by atoms with E-state index < -0.39 is 17.8 Å². The fourth-order valence-electron chi connectivity index (χ4n) is 3.82. The molecule has 2 N–H and O–H groups in total. The van der Waals surface area contributed by atoms with Crippen LogP contribution in [0.25, 0.3) is 0 Å². The average molecular weight is 550 g/mol. The molecule has 2 heterocycles. The number of aryl methyl sites for hydroxylation is 1. The Morgan fingerprint density at radius 2 is 1.89 bits per heavy atom. The summed E-state index contributed by atoms with van der Waals surface area (Å²) in [5.41, 5.74) is -0.475. The maximum Gasteiger partial charge on any atom is 0.426 e. The number of aromatic nitrogens is 4. The summed E-state index contributed by atoms with van der Waals surface area (Å²) in [6.07, 6.45) is -3.25. The van der Waals surface area contributed by atoms with Crippen molar-refractivity contribution in [1.29, 1.82) is 0 Å². The molecule has 4 rings (SSSR count). The molecule has 202 valence electrons. The topological polar surface area (TPSA) is 99.2 Å². The summed E-state index contributed by atoms with van der Waals surface area (Å²) in [5.74, 6) is 0.599. The van der Waals surface area contributed by atoms with E-state index in [-0.39, 0.29) is 24.2 Å². The van der Waals surface area contributed by atoms with Gasteiger partial charge in [-0.1, -0.05) is 0 Å². The second kappa shape index (κ2) is 11.1. The van der Waals surface area contributed by atoms with Gasteiger partial charge >= 0.3 is 6.18 Å². The number of aromatic amines is 1. The Morgan fingerprint density at radius 1 is 1.18 bits per heavy atom. The van der Waals surface area contributed by atoms with Crippen LogP contribution in [-0.2, 0) is 0 Å². The van der Waals surface area contributed by atoms with Crippen molar-refractivity contribution < 1.29 is 22.4 Å². The van der Waals surface area contributed by atoms with Crippen LogP contribution in [0, 0.1) is 12.8 Å². The minimum atomic E-state index is -4.67. The Bertz CT molecular complexity index is 1300. The standard InChI is InChI=1S/C25H27F4N7OS/c1-4-36(14-24(3,26)17-7-8-17)21-12-19(31-20-11-15(2)34-35-20)32-23(33-21)38-18-9-5-16(6-10-18)22(37)30-13-25(27,28)29/h5-6,9-13,17H,4,7-8,14H2,1-3H3,(H2,31,32,33,34,35). The number of alkyl halides is 4. The lowest BCUT2D eigenvalue weighted by Gasteiger charge is -2.30. The number of benzene rings is 1. The number of nitrogens with zero attached hydrogens (tertiary/aromatic N) is 5. The second-order valence-corrected chi connectivity index (χ2v) is 10.3. The number of aliphatic imine (C=N–C) groups is 1. The van der Waals surface area contributed by atoms with Crippen molar-refractivity contribution in [1.82, 2.24) is 20.2 Å². The van der Waals surface area contributed by atoms with Crippen molar-refractivity contribution in [2.45, 2.75) is 55.5 Å². The Morgan fingerprint density at radius 3 is 2.47 bits per heavy atom. The SMILES string of the molecule is CCN(CC(C)(F)C1CC1)c1cc(Nc2cc(C)[nH]n2)nc(Sc2ccc(C(=O)N=CC(F)(F)F)cc2)n1. The molecule has 1 fully saturated rings. The van der Waals surface area contributed by atoms with Crippen LogP contribution < -0.4 is 10.2 Å². The van der Waals surface area contributed by atoms with Gasteiger partial charge in [0.1, 0.15) is 23.5 Å². The van der Waals surface area contributed by atoms with E-state index in [0.29, 0.717) is 34.1 Å². The molecule has 1 unspecified atom stereocenters. The summed E-state index contributed by atoms with van der Waals surface area (Å²) in [7, 11) is 0. The molecule has 1 saturated carbocycles.